The number of fused-ring (bicyclic) bond motifs is 1. The number of aliphatic hydroxyl groups is 2. The second-order valence-electron chi connectivity index (χ2n) is 7.67. The van der Waals surface area contributed by atoms with Crippen molar-refractivity contribution in [1.82, 2.24) is 4.57 Å². The van der Waals surface area contributed by atoms with Gasteiger partial charge < -0.3 is 24.8 Å². The van der Waals surface area contributed by atoms with Gasteiger partial charge in [-0.2, -0.15) is 0 Å². The van der Waals surface area contributed by atoms with Crippen molar-refractivity contribution >= 4 is 22.6 Å². The molecule has 2 unspecified atom stereocenters. The molecule has 1 aromatic heterocycles. The lowest BCUT2D eigenvalue weighted by Crippen LogP contribution is -2.45. The number of aliphatic hydroxyl groups excluding tert-OH is 2. The number of carbonyl (C=O) groups is 1. The fourth-order valence-electron chi connectivity index (χ4n) is 4.16. The molecule has 144 valence electrons. The molecule has 1 saturated heterocycles. The average Bonchev–Trinajstić information content (AvgIpc) is 3.47. The average molecular weight is 372 g/mol. The minimum atomic E-state index is -1.20. The number of nitrogens with zero attached hydrogens (tertiary/aromatic N) is 2. The second-order valence-corrected chi connectivity index (χ2v) is 7.67. The van der Waals surface area contributed by atoms with Gasteiger partial charge in [0.05, 0.1) is 11.6 Å². The molecule has 2 heterocycles. The van der Waals surface area contributed by atoms with E-state index in [9.17, 15) is 24.9 Å². The van der Waals surface area contributed by atoms with Gasteiger partial charge in [-0.3, -0.25) is 4.79 Å². The summed E-state index contributed by atoms with van der Waals surface area (Å²) in [6.45, 7) is 3.07. The molecular weight excluding hydrogens is 348 g/mol. The molecule has 0 amide bonds. The van der Waals surface area contributed by atoms with E-state index in [1.807, 2.05) is 17.6 Å². The molecule has 3 N–H and O–H groups in total. The Bertz CT molecular complexity index is 963. The number of carboxylic acids is 1. The van der Waals surface area contributed by atoms with Crippen molar-refractivity contribution in [2.24, 2.45) is 5.92 Å². The van der Waals surface area contributed by atoms with Crippen LogP contribution in [0.15, 0.2) is 23.1 Å². The summed E-state index contributed by atoms with van der Waals surface area (Å²) < 4.78 is 1.94. The number of rotatable bonds is 4. The number of pyridine rings is 1. The molecule has 1 aliphatic carbocycles. The highest BCUT2D eigenvalue weighted by atomic mass is 16.4. The third-order valence-electron chi connectivity index (χ3n) is 5.89. The van der Waals surface area contributed by atoms with Crippen molar-refractivity contribution in [3.8, 4) is 0 Å². The lowest BCUT2D eigenvalue weighted by Gasteiger charge is -2.37. The first-order valence-electron chi connectivity index (χ1n) is 9.38. The van der Waals surface area contributed by atoms with Gasteiger partial charge in [0.25, 0.3) is 0 Å². The maximum absolute atomic E-state index is 12.7. The Labute approximate surface area is 156 Å². The number of carboxylic acid groups (broad SMARTS) is 1. The summed E-state index contributed by atoms with van der Waals surface area (Å²) in [6, 6.07) is 3.77. The topological polar surface area (TPSA) is 103 Å². The molecule has 27 heavy (non-hydrogen) atoms. The van der Waals surface area contributed by atoms with Crippen LogP contribution in [0.5, 0.6) is 0 Å². The lowest BCUT2D eigenvalue weighted by molar-refractivity contribution is 0.0547. The number of benzene rings is 1. The molecular formula is C20H24N2O5. The first kappa shape index (κ1) is 18.0. The normalized spacial score (nSPS) is 23.0. The maximum Gasteiger partial charge on any atom is 0.341 e. The Kier molecular flexibility index (Phi) is 4.44. The van der Waals surface area contributed by atoms with E-state index >= 15 is 0 Å². The number of hydrogen-bond donors (Lipinski definition) is 3. The fourth-order valence-corrected chi connectivity index (χ4v) is 4.16. The van der Waals surface area contributed by atoms with Gasteiger partial charge in [0.1, 0.15) is 5.56 Å². The molecule has 2 fully saturated rings. The van der Waals surface area contributed by atoms with Gasteiger partial charge in [0.15, 0.2) is 0 Å². The minimum absolute atomic E-state index is 0.0229. The Morgan fingerprint density at radius 1 is 1.26 bits per heavy atom. The summed E-state index contributed by atoms with van der Waals surface area (Å²) in [4.78, 5) is 26.2. The molecule has 7 heteroatoms. The van der Waals surface area contributed by atoms with Crippen LogP contribution in [0.25, 0.3) is 10.9 Å². The summed E-state index contributed by atoms with van der Waals surface area (Å²) in [5, 5.41) is 29.4. The van der Waals surface area contributed by atoms with Gasteiger partial charge in [-0.15, -0.1) is 0 Å². The predicted octanol–water partition coefficient (Wildman–Crippen LogP) is 1.52. The largest absolute Gasteiger partial charge is 0.477 e. The standard InChI is InChI=1S/C20H24N2O5/c1-11-16(21-7-6-12(10-23)17(24)9-21)5-4-14-18(11)22(13-2-3-13)8-15(19(14)25)20(26)27/h4-5,8,12-13,17,23-24H,2-3,6-7,9-10H2,1H3,(H,26,27). The van der Waals surface area contributed by atoms with Crippen LogP contribution >= 0.6 is 0 Å². The van der Waals surface area contributed by atoms with Gasteiger partial charge in [0, 0.05) is 48.9 Å². The van der Waals surface area contributed by atoms with Gasteiger partial charge in [-0.1, -0.05) is 0 Å². The van der Waals surface area contributed by atoms with Crippen LogP contribution in [-0.2, 0) is 0 Å². The molecule has 2 aliphatic rings. The van der Waals surface area contributed by atoms with Crippen LogP contribution in [-0.4, -0.2) is 51.7 Å². The predicted molar refractivity (Wildman–Crippen MR) is 102 cm³/mol. The van der Waals surface area contributed by atoms with Crippen molar-refractivity contribution in [2.45, 2.75) is 38.3 Å². The van der Waals surface area contributed by atoms with E-state index in [-0.39, 0.29) is 24.1 Å². The van der Waals surface area contributed by atoms with Crippen molar-refractivity contribution in [3.63, 3.8) is 0 Å². The number of aryl methyl sites for hydroxylation is 1. The van der Waals surface area contributed by atoms with E-state index in [2.05, 4.69) is 4.90 Å². The summed E-state index contributed by atoms with van der Waals surface area (Å²) in [5.74, 6) is -1.31. The highest BCUT2D eigenvalue weighted by molar-refractivity contribution is 5.95. The molecule has 7 nitrogen and oxygen atoms in total. The number of anilines is 1. The van der Waals surface area contributed by atoms with Crippen LogP contribution in [0.2, 0.25) is 0 Å². The molecule has 0 radical (unpaired) electrons. The van der Waals surface area contributed by atoms with Crippen molar-refractivity contribution in [2.75, 3.05) is 24.6 Å². The molecule has 1 aliphatic heterocycles. The zero-order chi connectivity index (χ0) is 19.3. The van der Waals surface area contributed by atoms with Crippen LogP contribution < -0.4 is 10.3 Å². The summed E-state index contributed by atoms with van der Waals surface area (Å²) in [5.41, 5.74) is 1.99. The van der Waals surface area contributed by atoms with Gasteiger partial charge in [-0.25, -0.2) is 4.79 Å². The van der Waals surface area contributed by atoms with Crippen molar-refractivity contribution < 1.29 is 20.1 Å². The second kappa shape index (κ2) is 6.65. The first-order chi connectivity index (χ1) is 12.9. The molecule has 1 aromatic carbocycles. The van der Waals surface area contributed by atoms with Gasteiger partial charge in [0.2, 0.25) is 5.43 Å². The molecule has 0 spiro atoms. The van der Waals surface area contributed by atoms with E-state index in [1.165, 1.54) is 6.20 Å². The Hall–Kier alpha value is -2.38. The first-order valence-corrected chi connectivity index (χ1v) is 9.38. The number of β-amino-alcohol motifs (C(OH)–C–C–N with tert-alkyl or cyclic N) is 1. The Morgan fingerprint density at radius 2 is 2.00 bits per heavy atom. The van der Waals surface area contributed by atoms with Crippen LogP contribution in [0, 0.1) is 12.8 Å². The van der Waals surface area contributed by atoms with Crippen LogP contribution in [0.1, 0.15) is 41.2 Å². The molecule has 1 saturated carbocycles. The fraction of sp³-hybridized carbons (Fsp3) is 0.500. The van der Waals surface area contributed by atoms with Gasteiger partial charge >= 0.3 is 5.97 Å². The third kappa shape index (κ3) is 3.00. The summed E-state index contributed by atoms with van der Waals surface area (Å²) in [6.07, 6.45) is 3.53. The number of hydrogen-bond acceptors (Lipinski definition) is 5. The van der Waals surface area contributed by atoms with E-state index in [0.29, 0.717) is 18.4 Å². The number of piperidine rings is 1. The van der Waals surface area contributed by atoms with Crippen molar-refractivity contribution in [1.29, 1.82) is 0 Å². The van der Waals surface area contributed by atoms with Crippen LogP contribution in [0.4, 0.5) is 5.69 Å². The van der Waals surface area contributed by atoms with E-state index in [0.717, 1.165) is 36.2 Å². The highest BCUT2D eigenvalue weighted by Crippen LogP contribution is 2.39. The Morgan fingerprint density at radius 3 is 2.59 bits per heavy atom. The molecule has 0 bridgehead atoms. The number of aromatic nitrogens is 1. The van der Waals surface area contributed by atoms with Crippen LogP contribution in [0.3, 0.4) is 0 Å². The Balaban J connectivity index is 1.85. The van der Waals surface area contributed by atoms with Crippen molar-refractivity contribution in [3.05, 3.63) is 39.7 Å². The maximum atomic E-state index is 12.7. The molecule has 2 atom stereocenters. The van der Waals surface area contributed by atoms with Gasteiger partial charge in [-0.05, 0) is 43.9 Å². The molecule has 2 aromatic rings. The highest BCUT2D eigenvalue weighted by Gasteiger charge is 2.31. The lowest BCUT2D eigenvalue weighted by atomic mass is 9.93. The smallest absolute Gasteiger partial charge is 0.341 e. The minimum Gasteiger partial charge on any atom is -0.477 e. The summed E-state index contributed by atoms with van der Waals surface area (Å²) in [7, 11) is 0. The molecule has 4 rings (SSSR count). The van der Waals surface area contributed by atoms with E-state index in [4.69, 9.17) is 0 Å². The monoisotopic (exact) mass is 372 g/mol. The third-order valence-corrected chi connectivity index (χ3v) is 5.89. The zero-order valence-electron chi connectivity index (χ0n) is 15.3. The van der Waals surface area contributed by atoms with E-state index in [1.54, 1.807) is 6.07 Å². The number of aromatic carboxylic acids is 1. The quantitative estimate of drug-likeness (QED) is 0.752. The van der Waals surface area contributed by atoms with E-state index < -0.39 is 17.5 Å². The zero-order valence-corrected chi connectivity index (χ0v) is 15.3. The SMILES string of the molecule is Cc1c(N2CCC(CO)C(O)C2)ccc2c(=O)c(C(=O)O)cn(C3CC3)c12. The summed E-state index contributed by atoms with van der Waals surface area (Å²) >= 11 is 0.